The van der Waals surface area contributed by atoms with Gasteiger partial charge in [-0.1, -0.05) is 12.5 Å². The number of benzene rings is 1. The van der Waals surface area contributed by atoms with Crippen molar-refractivity contribution in [2.45, 2.75) is 45.2 Å². The summed E-state index contributed by atoms with van der Waals surface area (Å²) < 4.78 is 26.5. The zero-order valence-corrected chi connectivity index (χ0v) is 11.2. The van der Waals surface area contributed by atoms with Crippen LogP contribution in [0.15, 0.2) is 18.2 Å². The Hall–Kier alpha value is -1.29. The molecule has 1 unspecified atom stereocenters. The van der Waals surface area contributed by atoms with E-state index in [1.54, 1.807) is 6.92 Å². The molecular weight excluding hydrogens is 248 g/mol. The number of hydrogen-bond acceptors (Lipinski definition) is 2. The van der Waals surface area contributed by atoms with Gasteiger partial charge in [0.2, 0.25) is 0 Å². The van der Waals surface area contributed by atoms with Crippen LogP contribution in [0.25, 0.3) is 0 Å². The van der Waals surface area contributed by atoms with Crippen LogP contribution < -0.4 is 0 Å². The Morgan fingerprint density at radius 1 is 1.37 bits per heavy atom. The molecule has 4 heteroatoms. The SMILES string of the molecule is CC(=O)CC1CCCCN1Cc1ccc(F)cc1F. The van der Waals surface area contributed by atoms with Crippen molar-refractivity contribution < 1.29 is 13.6 Å². The molecule has 104 valence electrons. The van der Waals surface area contributed by atoms with E-state index in [9.17, 15) is 13.6 Å². The third-order valence-corrected chi connectivity index (χ3v) is 3.66. The first-order chi connectivity index (χ1) is 9.06. The lowest BCUT2D eigenvalue weighted by Crippen LogP contribution is -2.40. The van der Waals surface area contributed by atoms with Gasteiger partial charge in [-0.2, -0.15) is 0 Å². The third-order valence-electron chi connectivity index (χ3n) is 3.66. The number of piperidine rings is 1. The standard InChI is InChI=1S/C15H19F2NO/c1-11(19)8-14-4-2-3-7-18(14)10-12-5-6-13(16)9-15(12)17/h5-6,9,14H,2-4,7-8,10H2,1H3. The molecule has 1 heterocycles. The zero-order chi connectivity index (χ0) is 13.8. The molecule has 1 saturated heterocycles. The zero-order valence-electron chi connectivity index (χ0n) is 11.2. The van der Waals surface area contributed by atoms with Gasteiger partial charge in [0, 0.05) is 30.6 Å². The van der Waals surface area contributed by atoms with Crippen molar-refractivity contribution in [3.8, 4) is 0 Å². The van der Waals surface area contributed by atoms with Gasteiger partial charge in [0.05, 0.1) is 0 Å². The molecule has 1 atom stereocenters. The van der Waals surface area contributed by atoms with Gasteiger partial charge in [0.15, 0.2) is 0 Å². The fraction of sp³-hybridized carbons (Fsp3) is 0.533. The first kappa shape index (κ1) is 14.1. The Balaban J connectivity index is 2.08. The molecule has 0 aromatic heterocycles. The Labute approximate surface area is 112 Å². The van der Waals surface area contributed by atoms with Gasteiger partial charge in [-0.15, -0.1) is 0 Å². The van der Waals surface area contributed by atoms with Crippen LogP contribution in [-0.4, -0.2) is 23.3 Å². The molecule has 2 rings (SSSR count). The quantitative estimate of drug-likeness (QED) is 0.834. The highest BCUT2D eigenvalue weighted by Gasteiger charge is 2.24. The van der Waals surface area contributed by atoms with E-state index in [1.165, 1.54) is 12.1 Å². The Morgan fingerprint density at radius 3 is 2.84 bits per heavy atom. The molecule has 1 aliphatic rings. The monoisotopic (exact) mass is 267 g/mol. The summed E-state index contributed by atoms with van der Waals surface area (Å²) in [6.07, 6.45) is 3.67. The fourth-order valence-corrected chi connectivity index (χ4v) is 2.70. The minimum atomic E-state index is -0.555. The molecule has 0 bridgehead atoms. The van der Waals surface area contributed by atoms with Crippen LogP contribution in [0, 0.1) is 11.6 Å². The van der Waals surface area contributed by atoms with E-state index in [0.29, 0.717) is 18.5 Å². The van der Waals surface area contributed by atoms with Crippen molar-refractivity contribution >= 4 is 5.78 Å². The molecule has 1 fully saturated rings. The summed E-state index contributed by atoms with van der Waals surface area (Å²) in [7, 11) is 0. The number of halogens is 2. The molecule has 0 spiro atoms. The lowest BCUT2D eigenvalue weighted by Gasteiger charge is -2.35. The summed E-state index contributed by atoms with van der Waals surface area (Å²) in [6.45, 7) is 2.91. The molecule has 1 aliphatic heterocycles. The molecule has 0 saturated carbocycles. The van der Waals surface area contributed by atoms with Crippen molar-refractivity contribution in [2.75, 3.05) is 6.54 Å². The summed E-state index contributed by atoms with van der Waals surface area (Å²) in [4.78, 5) is 13.4. The average molecular weight is 267 g/mol. The first-order valence-electron chi connectivity index (χ1n) is 6.73. The summed E-state index contributed by atoms with van der Waals surface area (Å²) in [5.74, 6) is -0.899. The number of hydrogen-bond donors (Lipinski definition) is 0. The number of nitrogens with zero attached hydrogens (tertiary/aromatic N) is 1. The second kappa shape index (κ2) is 6.24. The highest BCUT2D eigenvalue weighted by molar-refractivity contribution is 5.76. The highest BCUT2D eigenvalue weighted by atomic mass is 19.1. The Morgan fingerprint density at radius 2 is 2.16 bits per heavy atom. The van der Waals surface area contributed by atoms with Crippen molar-refractivity contribution in [3.05, 3.63) is 35.4 Å². The van der Waals surface area contributed by atoms with Gasteiger partial charge in [0.1, 0.15) is 17.4 Å². The largest absolute Gasteiger partial charge is 0.300 e. The van der Waals surface area contributed by atoms with E-state index in [0.717, 1.165) is 31.9 Å². The van der Waals surface area contributed by atoms with Crippen molar-refractivity contribution in [2.24, 2.45) is 0 Å². The molecule has 0 N–H and O–H groups in total. The van der Waals surface area contributed by atoms with Crippen molar-refractivity contribution in [1.82, 2.24) is 4.90 Å². The van der Waals surface area contributed by atoms with Crippen LogP contribution in [0.2, 0.25) is 0 Å². The number of rotatable bonds is 4. The topological polar surface area (TPSA) is 20.3 Å². The molecule has 0 aliphatic carbocycles. The number of carbonyl (C=O) groups excluding carboxylic acids is 1. The number of Topliss-reactive ketones (excluding diaryl/α,β-unsaturated/α-hetero) is 1. The maximum absolute atomic E-state index is 13.7. The van der Waals surface area contributed by atoms with Crippen LogP contribution in [-0.2, 0) is 11.3 Å². The van der Waals surface area contributed by atoms with Crippen LogP contribution in [0.4, 0.5) is 8.78 Å². The van der Waals surface area contributed by atoms with E-state index in [1.807, 2.05) is 0 Å². The predicted molar refractivity (Wildman–Crippen MR) is 69.7 cm³/mol. The summed E-state index contributed by atoms with van der Waals surface area (Å²) in [5, 5.41) is 0. The average Bonchev–Trinajstić information content (AvgIpc) is 2.34. The van der Waals surface area contributed by atoms with E-state index < -0.39 is 11.6 Å². The minimum absolute atomic E-state index is 0.163. The molecule has 1 aromatic carbocycles. The van der Waals surface area contributed by atoms with E-state index >= 15 is 0 Å². The van der Waals surface area contributed by atoms with Gasteiger partial charge < -0.3 is 0 Å². The van der Waals surface area contributed by atoms with Gasteiger partial charge in [-0.25, -0.2) is 8.78 Å². The van der Waals surface area contributed by atoms with Crippen LogP contribution in [0.1, 0.15) is 38.2 Å². The molecule has 19 heavy (non-hydrogen) atoms. The fourth-order valence-electron chi connectivity index (χ4n) is 2.70. The van der Waals surface area contributed by atoms with Gasteiger partial charge in [-0.3, -0.25) is 9.69 Å². The highest BCUT2D eigenvalue weighted by Crippen LogP contribution is 2.23. The van der Waals surface area contributed by atoms with E-state index in [-0.39, 0.29) is 11.8 Å². The molecular formula is C15H19F2NO. The lowest BCUT2D eigenvalue weighted by atomic mass is 9.97. The normalized spacial score (nSPS) is 20.5. The number of ketones is 1. The molecule has 0 amide bonds. The number of carbonyl (C=O) groups is 1. The molecule has 2 nitrogen and oxygen atoms in total. The predicted octanol–water partition coefficient (Wildman–Crippen LogP) is 3.30. The maximum Gasteiger partial charge on any atom is 0.131 e. The smallest absolute Gasteiger partial charge is 0.131 e. The summed E-state index contributed by atoms with van der Waals surface area (Å²) >= 11 is 0. The third kappa shape index (κ3) is 3.83. The lowest BCUT2D eigenvalue weighted by molar-refractivity contribution is -0.118. The van der Waals surface area contributed by atoms with Crippen LogP contribution >= 0.6 is 0 Å². The van der Waals surface area contributed by atoms with Crippen molar-refractivity contribution in [3.63, 3.8) is 0 Å². The summed E-state index contributed by atoms with van der Waals surface area (Å²) in [6, 6.07) is 3.88. The van der Waals surface area contributed by atoms with E-state index in [2.05, 4.69) is 4.90 Å². The molecule has 0 radical (unpaired) electrons. The first-order valence-corrected chi connectivity index (χ1v) is 6.73. The second-order valence-electron chi connectivity index (χ2n) is 5.26. The Kier molecular flexibility index (Phi) is 4.64. The van der Waals surface area contributed by atoms with Crippen LogP contribution in [0.5, 0.6) is 0 Å². The van der Waals surface area contributed by atoms with E-state index in [4.69, 9.17) is 0 Å². The second-order valence-corrected chi connectivity index (χ2v) is 5.26. The van der Waals surface area contributed by atoms with Gasteiger partial charge in [0.25, 0.3) is 0 Å². The number of likely N-dealkylation sites (tertiary alicyclic amines) is 1. The van der Waals surface area contributed by atoms with Crippen LogP contribution in [0.3, 0.4) is 0 Å². The Bertz CT molecular complexity index is 461. The maximum atomic E-state index is 13.7. The molecule has 1 aromatic rings. The van der Waals surface area contributed by atoms with Crippen molar-refractivity contribution in [1.29, 1.82) is 0 Å². The van der Waals surface area contributed by atoms with Gasteiger partial charge >= 0.3 is 0 Å². The summed E-state index contributed by atoms with van der Waals surface area (Å²) in [5.41, 5.74) is 0.497. The minimum Gasteiger partial charge on any atom is -0.300 e. The van der Waals surface area contributed by atoms with Gasteiger partial charge in [-0.05, 0) is 32.4 Å².